The van der Waals surface area contributed by atoms with Gasteiger partial charge < -0.3 is 5.73 Å². The third kappa shape index (κ3) is 1.93. The van der Waals surface area contributed by atoms with Crippen molar-refractivity contribution in [3.8, 4) is 0 Å². The molecule has 0 amide bonds. The summed E-state index contributed by atoms with van der Waals surface area (Å²) < 4.78 is 21.8. The van der Waals surface area contributed by atoms with Crippen molar-refractivity contribution in [1.29, 1.82) is 0 Å². The van der Waals surface area contributed by atoms with Crippen LogP contribution in [0.5, 0.6) is 0 Å². The maximum atomic E-state index is 10.9. The molecule has 0 saturated carbocycles. The second-order valence-electron chi connectivity index (χ2n) is 2.45. The van der Waals surface area contributed by atoms with Crippen molar-refractivity contribution >= 4 is 21.3 Å². The Morgan fingerprint density at radius 3 is 2.50 bits per heavy atom. The van der Waals surface area contributed by atoms with Crippen LogP contribution >= 0.6 is 0 Å². The first kappa shape index (κ1) is 10.3. The van der Waals surface area contributed by atoms with Crippen molar-refractivity contribution in [1.82, 2.24) is 9.97 Å². The normalized spacial score (nSPS) is 11.2. The molecule has 0 saturated heterocycles. The molecule has 1 heterocycles. The molecule has 0 unspecified atom stereocenters. The van der Waals surface area contributed by atoms with Crippen molar-refractivity contribution in [2.24, 2.45) is 0 Å². The Balaban J connectivity index is 3.34. The van der Waals surface area contributed by atoms with Crippen LogP contribution in [0.4, 0.5) is 11.5 Å². The summed E-state index contributed by atoms with van der Waals surface area (Å²) in [5.41, 5.74) is 4.65. The monoisotopic (exact) mass is 218 g/mol. The third-order valence-electron chi connectivity index (χ3n) is 1.30. The predicted molar refractivity (Wildman–Crippen MR) is 46.2 cm³/mol. The highest BCUT2D eigenvalue weighted by atomic mass is 32.2. The average molecular weight is 218 g/mol. The quantitative estimate of drug-likeness (QED) is 0.397. The van der Waals surface area contributed by atoms with Crippen molar-refractivity contribution < 1.29 is 13.3 Å². The van der Waals surface area contributed by atoms with Crippen molar-refractivity contribution in [2.75, 3.05) is 12.0 Å². The van der Waals surface area contributed by atoms with E-state index < -0.39 is 31.4 Å². The Bertz CT molecular complexity index is 483. The molecule has 8 nitrogen and oxygen atoms in total. The molecule has 0 radical (unpaired) electrons. The van der Waals surface area contributed by atoms with Gasteiger partial charge in [0.2, 0.25) is 20.8 Å². The number of hydrogen-bond donors (Lipinski definition) is 1. The van der Waals surface area contributed by atoms with Crippen LogP contribution in [-0.2, 0) is 9.84 Å². The first-order valence-corrected chi connectivity index (χ1v) is 5.18. The van der Waals surface area contributed by atoms with E-state index in [1.807, 2.05) is 0 Å². The molecular formula is C5H6N4O4S. The summed E-state index contributed by atoms with van der Waals surface area (Å²) in [7, 11) is -3.59. The van der Waals surface area contributed by atoms with Crippen LogP contribution in [-0.4, -0.2) is 29.6 Å². The van der Waals surface area contributed by atoms with Gasteiger partial charge in [-0.25, -0.2) is 13.4 Å². The van der Waals surface area contributed by atoms with Crippen LogP contribution in [0, 0.1) is 10.1 Å². The summed E-state index contributed by atoms with van der Waals surface area (Å²) in [6.45, 7) is 0. The zero-order valence-electron chi connectivity index (χ0n) is 7.04. The van der Waals surface area contributed by atoms with Crippen LogP contribution in [0.3, 0.4) is 0 Å². The number of nitrogens with zero attached hydrogens (tertiary/aromatic N) is 3. The molecule has 1 aromatic heterocycles. The van der Waals surface area contributed by atoms with Crippen molar-refractivity contribution in [3.05, 3.63) is 16.3 Å². The minimum Gasteiger partial charge on any atom is -0.378 e. The van der Waals surface area contributed by atoms with E-state index >= 15 is 0 Å². The number of nitrogens with two attached hydrogens (primary N) is 1. The maximum Gasteiger partial charge on any atom is 0.329 e. The second-order valence-corrected chi connectivity index (χ2v) is 4.36. The van der Waals surface area contributed by atoms with E-state index in [1.165, 1.54) is 0 Å². The summed E-state index contributed by atoms with van der Waals surface area (Å²) in [6.07, 6.45) is 1.65. The smallest absolute Gasteiger partial charge is 0.329 e. The molecule has 0 aliphatic rings. The SMILES string of the molecule is CS(=O)(=O)c1ncc([N+](=O)[O-])c(N)n1. The molecule has 9 heteroatoms. The molecule has 0 bridgehead atoms. The summed E-state index contributed by atoms with van der Waals surface area (Å²) in [4.78, 5) is 16.1. The van der Waals surface area contributed by atoms with Gasteiger partial charge in [-0.1, -0.05) is 0 Å². The van der Waals surface area contributed by atoms with Gasteiger partial charge in [0.1, 0.15) is 6.20 Å². The summed E-state index contributed by atoms with van der Waals surface area (Å²) >= 11 is 0. The van der Waals surface area contributed by atoms with E-state index in [1.54, 1.807) is 0 Å². The molecule has 0 atom stereocenters. The number of anilines is 1. The number of sulfone groups is 1. The Labute approximate surface area is 78.9 Å². The lowest BCUT2D eigenvalue weighted by Gasteiger charge is -1.98. The largest absolute Gasteiger partial charge is 0.378 e. The van der Waals surface area contributed by atoms with E-state index in [0.29, 0.717) is 0 Å². The van der Waals surface area contributed by atoms with E-state index in [2.05, 4.69) is 9.97 Å². The molecule has 2 N–H and O–H groups in total. The van der Waals surface area contributed by atoms with Gasteiger partial charge in [0, 0.05) is 6.26 Å². The number of aromatic nitrogens is 2. The van der Waals surface area contributed by atoms with E-state index in [0.717, 1.165) is 12.5 Å². The van der Waals surface area contributed by atoms with Gasteiger partial charge in [-0.3, -0.25) is 10.1 Å². The van der Waals surface area contributed by atoms with E-state index in [-0.39, 0.29) is 0 Å². The predicted octanol–water partition coefficient (Wildman–Crippen LogP) is -0.630. The van der Waals surface area contributed by atoms with E-state index in [4.69, 9.17) is 5.73 Å². The summed E-state index contributed by atoms with van der Waals surface area (Å²) in [6, 6.07) is 0. The molecule has 76 valence electrons. The summed E-state index contributed by atoms with van der Waals surface area (Å²) in [5, 5.41) is 9.75. The molecule has 1 rings (SSSR count). The lowest BCUT2D eigenvalue weighted by atomic mass is 10.5. The Hall–Kier alpha value is -1.77. The lowest BCUT2D eigenvalue weighted by molar-refractivity contribution is -0.384. The lowest BCUT2D eigenvalue weighted by Crippen LogP contribution is -2.08. The van der Waals surface area contributed by atoms with Gasteiger partial charge in [-0.2, -0.15) is 4.98 Å². The van der Waals surface area contributed by atoms with Crippen LogP contribution in [0.2, 0.25) is 0 Å². The standard InChI is InChI=1S/C5H6N4O4S/c1-14(12,13)5-7-2-3(9(10)11)4(6)8-5/h2H,1H3,(H2,6,7,8). The van der Waals surface area contributed by atoms with Gasteiger partial charge in [0.25, 0.3) is 0 Å². The fourth-order valence-electron chi connectivity index (χ4n) is 0.691. The third-order valence-corrected chi connectivity index (χ3v) is 2.16. The van der Waals surface area contributed by atoms with Crippen molar-refractivity contribution in [3.63, 3.8) is 0 Å². The molecule has 14 heavy (non-hydrogen) atoms. The molecular weight excluding hydrogens is 212 g/mol. The number of nitrogen functional groups attached to an aromatic ring is 1. The highest BCUT2D eigenvalue weighted by molar-refractivity contribution is 7.90. The molecule has 0 spiro atoms. The highest BCUT2D eigenvalue weighted by Gasteiger charge is 2.18. The molecule has 0 aromatic carbocycles. The molecule has 0 fully saturated rings. The van der Waals surface area contributed by atoms with Crippen molar-refractivity contribution in [2.45, 2.75) is 5.16 Å². The van der Waals surface area contributed by atoms with E-state index in [9.17, 15) is 18.5 Å². The van der Waals surface area contributed by atoms with Gasteiger partial charge in [0.05, 0.1) is 4.92 Å². The Morgan fingerprint density at radius 2 is 2.14 bits per heavy atom. The minimum atomic E-state index is -3.59. The van der Waals surface area contributed by atoms with Crippen LogP contribution in [0.1, 0.15) is 0 Å². The Kier molecular flexibility index (Phi) is 2.34. The average Bonchev–Trinajstić information content (AvgIpc) is 2.01. The van der Waals surface area contributed by atoms with Crippen LogP contribution in [0.15, 0.2) is 11.4 Å². The highest BCUT2D eigenvalue weighted by Crippen LogP contribution is 2.17. The topological polar surface area (TPSA) is 129 Å². The fourth-order valence-corrected chi connectivity index (χ4v) is 1.20. The molecule has 1 aromatic rings. The zero-order chi connectivity index (χ0) is 10.9. The van der Waals surface area contributed by atoms with Gasteiger partial charge in [-0.05, 0) is 0 Å². The number of rotatable bonds is 2. The second kappa shape index (κ2) is 3.18. The van der Waals surface area contributed by atoms with Crippen LogP contribution < -0.4 is 5.73 Å². The van der Waals surface area contributed by atoms with Gasteiger partial charge >= 0.3 is 5.69 Å². The van der Waals surface area contributed by atoms with Gasteiger partial charge in [-0.15, -0.1) is 0 Å². The zero-order valence-corrected chi connectivity index (χ0v) is 7.85. The minimum absolute atomic E-state index is 0.467. The molecule has 0 aliphatic carbocycles. The summed E-state index contributed by atoms with van der Waals surface area (Å²) in [5.74, 6) is -0.467. The maximum absolute atomic E-state index is 10.9. The van der Waals surface area contributed by atoms with Crippen LogP contribution in [0.25, 0.3) is 0 Å². The number of nitro groups is 1. The fraction of sp³-hybridized carbons (Fsp3) is 0.200. The first-order valence-electron chi connectivity index (χ1n) is 3.29. The molecule has 0 aliphatic heterocycles. The Morgan fingerprint density at radius 1 is 1.57 bits per heavy atom. The van der Waals surface area contributed by atoms with Gasteiger partial charge in [0.15, 0.2) is 0 Å². The first-order chi connectivity index (χ1) is 6.32. The number of hydrogen-bond acceptors (Lipinski definition) is 7.